The number of rotatable bonds is 4. The van der Waals surface area contributed by atoms with Crippen molar-refractivity contribution < 1.29 is 9.84 Å². The highest BCUT2D eigenvalue weighted by Crippen LogP contribution is 2.23. The van der Waals surface area contributed by atoms with Gasteiger partial charge in [0.1, 0.15) is 11.5 Å². The minimum Gasteiger partial charge on any atom is -0.503 e. The molecule has 2 heterocycles. The van der Waals surface area contributed by atoms with E-state index in [1.165, 1.54) is 12.3 Å². The van der Waals surface area contributed by atoms with Crippen molar-refractivity contribution in [2.75, 3.05) is 6.54 Å². The zero-order valence-electron chi connectivity index (χ0n) is 14.3. The highest BCUT2D eigenvalue weighted by Gasteiger charge is 2.17. The van der Waals surface area contributed by atoms with Crippen molar-refractivity contribution in [1.82, 2.24) is 9.47 Å². The number of pyridine rings is 1. The number of aromatic nitrogens is 1. The first-order valence-corrected chi connectivity index (χ1v) is 8.64. The summed E-state index contributed by atoms with van der Waals surface area (Å²) in [6, 6.07) is 19.3. The summed E-state index contributed by atoms with van der Waals surface area (Å²) in [5, 5.41) is 9.57. The molecule has 2 aromatic carbocycles. The summed E-state index contributed by atoms with van der Waals surface area (Å²) < 4.78 is 7.85. The van der Waals surface area contributed by atoms with Crippen molar-refractivity contribution in [2.45, 2.75) is 19.6 Å². The summed E-state index contributed by atoms with van der Waals surface area (Å²) in [6.45, 7) is 3.07. The van der Waals surface area contributed by atoms with E-state index in [1.54, 1.807) is 0 Å². The van der Waals surface area contributed by atoms with Crippen LogP contribution in [-0.4, -0.2) is 21.1 Å². The first kappa shape index (κ1) is 16.4. The van der Waals surface area contributed by atoms with Gasteiger partial charge in [0.2, 0.25) is 5.43 Å². The summed E-state index contributed by atoms with van der Waals surface area (Å²) in [5.74, 6) is 1.44. The van der Waals surface area contributed by atoms with E-state index in [0.29, 0.717) is 6.54 Å². The topological polar surface area (TPSA) is 54.7 Å². The number of benzene rings is 2. The van der Waals surface area contributed by atoms with E-state index in [4.69, 9.17) is 4.74 Å². The molecule has 0 fully saturated rings. The van der Waals surface area contributed by atoms with E-state index in [0.717, 1.165) is 42.4 Å². The molecular formula is C21H20N2O3. The molecule has 0 unspecified atom stereocenters. The van der Waals surface area contributed by atoms with Gasteiger partial charge in [-0.3, -0.25) is 9.69 Å². The van der Waals surface area contributed by atoms with E-state index in [9.17, 15) is 9.90 Å². The minimum atomic E-state index is -0.323. The standard InChI is InChI=1S/C21H20N2O3/c24-20-12-17-14-22(9-10-23(17)15-21(20)25)13-16-5-4-8-19(11-16)26-18-6-2-1-3-7-18/h1-8,11-12,15,25H,9-10,13-14H2. The molecule has 0 atom stereocenters. The Morgan fingerprint density at radius 3 is 2.62 bits per heavy atom. The molecule has 132 valence electrons. The van der Waals surface area contributed by atoms with Gasteiger partial charge >= 0.3 is 0 Å². The SMILES string of the molecule is O=c1cc2n(cc1O)CCN(Cc1cccc(Oc3ccccc3)c1)C2. The quantitative estimate of drug-likeness (QED) is 0.785. The maximum atomic E-state index is 11.7. The van der Waals surface area contributed by atoms with Gasteiger partial charge in [0.15, 0.2) is 5.75 Å². The van der Waals surface area contributed by atoms with Gasteiger partial charge in [-0.1, -0.05) is 30.3 Å². The van der Waals surface area contributed by atoms with Gasteiger partial charge in [0.25, 0.3) is 0 Å². The van der Waals surface area contributed by atoms with Crippen LogP contribution in [0.15, 0.2) is 71.7 Å². The summed E-state index contributed by atoms with van der Waals surface area (Å²) in [7, 11) is 0. The minimum absolute atomic E-state index is 0.187. The Morgan fingerprint density at radius 1 is 0.962 bits per heavy atom. The lowest BCUT2D eigenvalue weighted by Crippen LogP contribution is -2.34. The summed E-state index contributed by atoms with van der Waals surface area (Å²) in [5.41, 5.74) is 1.76. The van der Waals surface area contributed by atoms with Crippen molar-refractivity contribution in [2.24, 2.45) is 0 Å². The lowest BCUT2D eigenvalue weighted by molar-refractivity contribution is 0.210. The molecular weight excluding hydrogens is 328 g/mol. The fourth-order valence-electron chi connectivity index (χ4n) is 3.23. The molecule has 0 saturated heterocycles. The van der Waals surface area contributed by atoms with Crippen molar-refractivity contribution in [3.8, 4) is 17.2 Å². The first-order chi connectivity index (χ1) is 12.7. The Kier molecular flexibility index (Phi) is 4.46. The molecule has 1 aromatic heterocycles. The van der Waals surface area contributed by atoms with Crippen molar-refractivity contribution >= 4 is 0 Å². The molecule has 0 saturated carbocycles. The van der Waals surface area contributed by atoms with Gasteiger partial charge in [-0.25, -0.2) is 0 Å². The van der Waals surface area contributed by atoms with Crippen molar-refractivity contribution in [3.63, 3.8) is 0 Å². The van der Waals surface area contributed by atoms with Crippen LogP contribution in [0.3, 0.4) is 0 Å². The number of fused-ring (bicyclic) bond motifs is 1. The van der Waals surface area contributed by atoms with E-state index in [-0.39, 0.29) is 11.2 Å². The second-order valence-electron chi connectivity index (χ2n) is 6.48. The molecule has 0 radical (unpaired) electrons. The van der Waals surface area contributed by atoms with E-state index >= 15 is 0 Å². The van der Waals surface area contributed by atoms with E-state index in [1.807, 2.05) is 53.1 Å². The summed E-state index contributed by atoms with van der Waals surface area (Å²) in [6.07, 6.45) is 1.53. The first-order valence-electron chi connectivity index (χ1n) is 8.64. The van der Waals surface area contributed by atoms with Gasteiger partial charge in [-0.05, 0) is 29.8 Å². The lowest BCUT2D eigenvalue weighted by Gasteiger charge is -2.30. The van der Waals surface area contributed by atoms with Crippen LogP contribution in [0, 0.1) is 0 Å². The summed E-state index contributed by atoms with van der Waals surface area (Å²) >= 11 is 0. The normalized spacial score (nSPS) is 14.0. The second kappa shape index (κ2) is 7.06. The predicted octanol–water partition coefficient (Wildman–Crippen LogP) is 3.36. The number of hydrogen-bond acceptors (Lipinski definition) is 4. The molecule has 5 heteroatoms. The Balaban J connectivity index is 1.47. The van der Waals surface area contributed by atoms with Gasteiger partial charge in [0, 0.05) is 37.9 Å². The third-order valence-corrected chi connectivity index (χ3v) is 4.52. The van der Waals surface area contributed by atoms with Gasteiger partial charge in [0.05, 0.1) is 6.20 Å². The second-order valence-corrected chi connectivity index (χ2v) is 6.48. The molecule has 0 amide bonds. The Labute approximate surface area is 151 Å². The molecule has 0 spiro atoms. The Bertz CT molecular complexity index is 966. The number of hydrogen-bond donors (Lipinski definition) is 1. The van der Waals surface area contributed by atoms with Crippen LogP contribution in [-0.2, 0) is 19.6 Å². The molecule has 0 bridgehead atoms. The van der Waals surface area contributed by atoms with Crippen LogP contribution in [0.4, 0.5) is 0 Å². The van der Waals surface area contributed by atoms with Gasteiger partial charge < -0.3 is 14.4 Å². The molecule has 1 aliphatic heterocycles. The fourth-order valence-corrected chi connectivity index (χ4v) is 3.23. The third-order valence-electron chi connectivity index (χ3n) is 4.52. The highest BCUT2D eigenvalue weighted by molar-refractivity contribution is 5.34. The van der Waals surface area contributed by atoms with E-state index < -0.39 is 0 Å². The fraction of sp³-hybridized carbons (Fsp3) is 0.190. The smallest absolute Gasteiger partial charge is 0.223 e. The zero-order valence-corrected chi connectivity index (χ0v) is 14.3. The number of para-hydroxylation sites is 1. The number of nitrogens with zero attached hydrogens (tertiary/aromatic N) is 2. The molecule has 3 aromatic rings. The highest BCUT2D eigenvalue weighted by atomic mass is 16.5. The average molecular weight is 348 g/mol. The zero-order chi connectivity index (χ0) is 17.9. The Morgan fingerprint density at radius 2 is 1.77 bits per heavy atom. The van der Waals surface area contributed by atoms with Crippen LogP contribution < -0.4 is 10.2 Å². The number of aromatic hydroxyl groups is 1. The van der Waals surface area contributed by atoms with Gasteiger partial charge in [-0.2, -0.15) is 0 Å². The largest absolute Gasteiger partial charge is 0.503 e. The van der Waals surface area contributed by atoms with Gasteiger partial charge in [-0.15, -0.1) is 0 Å². The van der Waals surface area contributed by atoms with Crippen LogP contribution >= 0.6 is 0 Å². The number of ether oxygens (including phenoxy) is 1. The molecule has 1 aliphatic rings. The van der Waals surface area contributed by atoms with Crippen LogP contribution in [0.5, 0.6) is 17.2 Å². The Hall–Kier alpha value is -3.05. The summed E-state index contributed by atoms with van der Waals surface area (Å²) in [4.78, 5) is 14.0. The van der Waals surface area contributed by atoms with Crippen molar-refractivity contribution in [1.29, 1.82) is 0 Å². The molecule has 1 N–H and O–H groups in total. The average Bonchev–Trinajstić information content (AvgIpc) is 2.64. The van der Waals surface area contributed by atoms with E-state index in [2.05, 4.69) is 11.0 Å². The van der Waals surface area contributed by atoms with Crippen LogP contribution in [0.25, 0.3) is 0 Å². The van der Waals surface area contributed by atoms with Crippen molar-refractivity contribution in [3.05, 3.63) is 88.3 Å². The van der Waals surface area contributed by atoms with Crippen LogP contribution in [0.2, 0.25) is 0 Å². The lowest BCUT2D eigenvalue weighted by atomic mass is 10.1. The molecule has 26 heavy (non-hydrogen) atoms. The van der Waals surface area contributed by atoms with Crippen LogP contribution in [0.1, 0.15) is 11.3 Å². The molecule has 5 nitrogen and oxygen atoms in total. The maximum Gasteiger partial charge on any atom is 0.223 e. The molecule has 0 aliphatic carbocycles. The maximum absolute atomic E-state index is 11.7. The molecule has 4 rings (SSSR count). The third kappa shape index (κ3) is 3.63. The predicted molar refractivity (Wildman–Crippen MR) is 99.4 cm³/mol. The monoisotopic (exact) mass is 348 g/mol.